The number of hydrogen-bond donors (Lipinski definition) is 1. The Morgan fingerprint density at radius 2 is 2.20 bits per heavy atom. The molecule has 0 unspecified atom stereocenters. The zero-order chi connectivity index (χ0) is 18.0. The summed E-state index contributed by atoms with van der Waals surface area (Å²) in [6.07, 6.45) is 4.59. The number of carbonyl (C=O) groups is 1. The van der Waals surface area contributed by atoms with Crippen molar-refractivity contribution < 1.29 is 9.18 Å². The lowest BCUT2D eigenvalue weighted by atomic mass is 10.0. The summed E-state index contributed by atoms with van der Waals surface area (Å²) in [6, 6.07) is 5.70. The summed E-state index contributed by atoms with van der Waals surface area (Å²) in [5, 5.41) is 7.41. The summed E-state index contributed by atoms with van der Waals surface area (Å²) in [5.41, 5.74) is 2.96. The number of nitrogens with zero attached hydrogens (tertiary/aromatic N) is 3. The molecule has 7 heteroatoms. The topological polar surface area (TPSA) is 50.2 Å². The van der Waals surface area contributed by atoms with E-state index in [0.717, 1.165) is 12.1 Å². The van der Waals surface area contributed by atoms with Crippen molar-refractivity contribution in [2.75, 3.05) is 13.1 Å². The molecule has 0 saturated carbocycles. The molecule has 0 radical (unpaired) electrons. The highest BCUT2D eigenvalue weighted by atomic mass is 35.5. The molecule has 2 amide bonds. The van der Waals surface area contributed by atoms with Gasteiger partial charge < -0.3 is 10.2 Å². The maximum absolute atomic E-state index is 13.2. The highest BCUT2D eigenvalue weighted by Crippen LogP contribution is 2.25. The molecule has 1 aliphatic rings. The SMILES string of the molecule is C[C@@H](NC(=O)N1CC=C(c2ccnn2C)CC1)c1ccc(F)cc1Cl. The Hall–Kier alpha value is -2.34. The first-order valence-electron chi connectivity index (χ1n) is 8.13. The number of aryl methyl sites for hydroxylation is 1. The van der Waals surface area contributed by atoms with Crippen LogP contribution in [-0.2, 0) is 7.05 Å². The van der Waals surface area contributed by atoms with Crippen LogP contribution in [-0.4, -0.2) is 33.8 Å². The normalized spacial score (nSPS) is 15.7. The molecule has 5 nitrogen and oxygen atoms in total. The fraction of sp³-hybridized carbons (Fsp3) is 0.333. The van der Waals surface area contributed by atoms with Crippen LogP contribution in [0.25, 0.3) is 5.57 Å². The lowest BCUT2D eigenvalue weighted by Crippen LogP contribution is -2.43. The Balaban J connectivity index is 1.63. The third kappa shape index (κ3) is 3.85. The van der Waals surface area contributed by atoms with Crippen LogP contribution < -0.4 is 5.32 Å². The fourth-order valence-electron chi connectivity index (χ4n) is 2.98. The number of amides is 2. The van der Waals surface area contributed by atoms with Crippen molar-refractivity contribution in [2.45, 2.75) is 19.4 Å². The minimum absolute atomic E-state index is 0.159. The van der Waals surface area contributed by atoms with Crippen LogP contribution >= 0.6 is 11.6 Å². The van der Waals surface area contributed by atoms with Crippen LogP contribution in [0.4, 0.5) is 9.18 Å². The lowest BCUT2D eigenvalue weighted by Gasteiger charge is -2.28. The van der Waals surface area contributed by atoms with Gasteiger partial charge in [0.1, 0.15) is 5.82 Å². The minimum atomic E-state index is -0.392. The second-order valence-corrected chi connectivity index (χ2v) is 6.51. The number of rotatable bonds is 3. The molecular formula is C18H20ClFN4O. The van der Waals surface area contributed by atoms with Gasteiger partial charge in [-0.1, -0.05) is 23.7 Å². The van der Waals surface area contributed by atoms with Crippen molar-refractivity contribution >= 4 is 23.2 Å². The third-order valence-corrected chi connectivity index (χ3v) is 4.74. The van der Waals surface area contributed by atoms with E-state index in [1.54, 1.807) is 17.2 Å². The van der Waals surface area contributed by atoms with Crippen molar-refractivity contribution in [3.8, 4) is 0 Å². The van der Waals surface area contributed by atoms with Crippen molar-refractivity contribution in [1.29, 1.82) is 0 Å². The quantitative estimate of drug-likeness (QED) is 0.903. The Morgan fingerprint density at radius 3 is 2.80 bits per heavy atom. The molecule has 0 fully saturated rings. The predicted octanol–water partition coefficient (Wildman–Crippen LogP) is 3.77. The molecule has 2 aromatic rings. The first-order valence-corrected chi connectivity index (χ1v) is 8.51. The number of urea groups is 1. The van der Waals surface area contributed by atoms with E-state index in [0.29, 0.717) is 23.7 Å². The van der Waals surface area contributed by atoms with Crippen LogP contribution in [0.15, 0.2) is 36.5 Å². The highest BCUT2D eigenvalue weighted by Gasteiger charge is 2.21. The van der Waals surface area contributed by atoms with E-state index in [1.807, 2.05) is 24.7 Å². The van der Waals surface area contributed by atoms with Crippen LogP contribution in [0.2, 0.25) is 5.02 Å². The molecule has 25 heavy (non-hydrogen) atoms. The van der Waals surface area contributed by atoms with Crippen molar-refractivity contribution in [3.63, 3.8) is 0 Å². The van der Waals surface area contributed by atoms with Crippen molar-refractivity contribution in [3.05, 3.63) is 58.6 Å². The van der Waals surface area contributed by atoms with E-state index in [2.05, 4.69) is 16.5 Å². The second-order valence-electron chi connectivity index (χ2n) is 6.10. The Labute approximate surface area is 151 Å². The number of benzene rings is 1. The van der Waals surface area contributed by atoms with Gasteiger partial charge in [-0.25, -0.2) is 9.18 Å². The molecule has 1 aliphatic heterocycles. The summed E-state index contributed by atoms with van der Waals surface area (Å²) in [7, 11) is 1.91. The van der Waals surface area contributed by atoms with Gasteiger partial charge >= 0.3 is 6.03 Å². The lowest BCUT2D eigenvalue weighted by molar-refractivity contribution is 0.199. The number of nitrogens with one attached hydrogen (secondary N) is 1. The first kappa shape index (κ1) is 17.5. The molecule has 0 aliphatic carbocycles. The van der Waals surface area contributed by atoms with Crippen molar-refractivity contribution in [1.82, 2.24) is 20.0 Å². The van der Waals surface area contributed by atoms with Gasteiger partial charge in [-0.15, -0.1) is 0 Å². The van der Waals surface area contributed by atoms with Crippen LogP contribution in [0.5, 0.6) is 0 Å². The summed E-state index contributed by atoms with van der Waals surface area (Å²) in [6.45, 7) is 3.00. The summed E-state index contributed by atoms with van der Waals surface area (Å²) >= 11 is 6.06. The van der Waals surface area contributed by atoms with Gasteiger partial charge in [-0.3, -0.25) is 4.68 Å². The van der Waals surface area contributed by atoms with Gasteiger partial charge in [0.15, 0.2) is 0 Å². The molecule has 0 spiro atoms. The zero-order valence-corrected chi connectivity index (χ0v) is 14.9. The van der Waals surface area contributed by atoms with Gasteiger partial charge in [0.05, 0.1) is 11.7 Å². The average molecular weight is 363 g/mol. The average Bonchev–Trinajstić information content (AvgIpc) is 3.00. The van der Waals surface area contributed by atoms with Gasteiger partial charge in [0.2, 0.25) is 0 Å². The van der Waals surface area contributed by atoms with Crippen LogP contribution in [0, 0.1) is 5.82 Å². The first-order chi connectivity index (χ1) is 12.0. The molecule has 3 rings (SSSR count). The molecule has 2 heterocycles. The maximum Gasteiger partial charge on any atom is 0.318 e. The monoisotopic (exact) mass is 362 g/mol. The number of carbonyl (C=O) groups excluding carboxylic acids is 1. The van der Waals surface area contributed by atoms with E-state index in [9.17, 15) is 9.18 Å². The Morgan fingerprint density at radius 1 is 1.40 bits per heavy atom. The largest absolute Gasteiger partial charge is 0.331 e. The van der Waals surface area contributed by atoms with Crippen LogP contribution in [0.3, 0.4) is 0 Å². The van der Waals surface area contributed by atoms with Crippen molar-refractivity contribution in [2.24, 2.45) is 7.05 Å². The predicted molar refractivity (Wildman–Crippen MR) is 95.7 cm³/mol. The van der Waals surface area contributed by atoms with E-state index in [-0.39, 0.29) is 12.1 Å². The van der Waals surface area contributed by atoms with E-state index in [4.69, 9.17) is 11.6 Å². The molecule has 0 saturated heterocycles. The molecule has 1 atom stereocenters. The standard InChI is InChI=1S/C18H20ClFN4O/c1-12(15-4-3-14(20)11-16(15)19)22-18(25)24-9-6-13(7-10-24)17-5-8-21-23(17)2/h3-6,8,11-12H,7,9-10H2,1-2H3,(H,22,25)/t12-/m1/s1. The Kier molecular flexibility index (Phi) is 5.08. The van der Waals surface area contributed by atoms with Gasteiger partial charge in [-0.05, 0) is 42.7 Å². The summed E-state index contributed by atoms with van der Waals surface area (Å²) in [4.78, 5) is 14.2. The third-order valence-electron chi connectivity index (χ3n) is 4.42. The highest BCUT2D eigenvalue weighted by molar-refractivity contribution is 6.31. The smallest absolute Gasteiger partial charge is 0.318 e. The summed E-state index contributed by atoms with van der Waals surface area (Å²) in [5.74, 6) is -0.392. The molecule has 1 N–H and O–H groups in total. The van der Waals surface area contributed by atoms with E-state index in [1.165, 1.54) is 17.7 Å². The molecule has 132 valence electrons. The Bertz CT molecular complexity index is 817. The van der Waals surface area contributed by atoms with Crippen LogP contribution in [0.1, 0.15) is 30.6 Å². The van der Waals surface area contributed by atoms with Gasteiger partial charge in [0, 0.05) is 31.4 Å². The van der Waals surface area contributed by atoms with Gasteiger partial charge in [0.25, 0.3) is 0 Å². The molecule has 1 aromatic carbocycles. The molecule has 0 bridgehead atoms. The number of aromatic nitrogens is 2. The summed E-state index contributed by atoms with van der Waals surface area (Å²) < 4.78 is 15.0. The molecular weight excluding hydrogens is 343 g/mol. The van der Waals surface area contributed by atoms with E-state index < -0.39 is 5.82 Å². The number of halogens is 2. The molecule has 1 aromatic heterocycles. The second kappa shape index (κ2) is 7.27. The fourth-order valence-corrected chi connectivity index (χ4v) is 3.31. The zero-order valence-electron chi connectivity index (χ0n) is 14.2. The van der Waals surface area contributed by atoms with E-state index >= 15 is 0 Å². The maximum atomic E-state index is 13.2. The van der Waals surface area contributed by atoms with Gasteiger partial charge in [-0.2, -0.15) is 5.10 Å². The minimum Gasteiger partial charge on any atom is -0.331 e. The number of hydrogen-bond acceptors (Lipinski definition) is 2.